The van der Waals surface area contributed by atoms with E-state index in [4.69, 9.17) is 4.74 Å². The van der Waals surface area contributed by atoms with Crippen LogP contribution in [-0.4, -0.2) is 58.0 Å². The van der Waals surface area contributed by atoms with Crippen molar-refractivity contribution in [3.8, 4) is 5.75 Å². The Labute approximate surface area is 225 Å². The molecule has 3 N–H and O–H groups in total. The molecule has 2 atom stereocenters. The quantitative estimate of drug-likeness (QED) is 0.290. The number of benzene rings is 3. The van der Waals surface area contributed by atoms with Crippen molar-refractivity contribution < 1.29 is 23.1 Å². The van der Waals surface area contributed by atoms with Crippen LogP contribution in [0.1, 0.15) is 34.8 Å². The fourth-order valence-corrected chi connectivity index (χ4v) is 5.32. The van der Waals surface area contributed by atoms with Gasteiger partial charge in [-0.3, -0.25) is 9.10 Å². The Morgan fingerprint density at radius 2 is 1.71 bits per heavy atom. The standard InChI is InChI=1S/C29H37N3O5S/c1-4-16-38(35,36)32(2)25-14-9-13-24(19-25)29(34)31-27(18-22-10-6-5-7-11-22)28(33)21-30-20-23-12-8-15-26(17-23)37-3/h5-15,17,19,27-28,30,33H,4,16,18,20-21H2,1-3H3,(H,31,34)/t27-,28-/m0/s1. The smallest absolute Gasteiger partial charge is 0.251 e. The van der Waals surface area contributed by atoms with Crippen molar-refractivity contribution in [1.82, 2.24) is 10.6 Å². The maximum absolute atomic E-state index is 13.2. The molecule has 38 heavy (non-hydrogen) atoms. The van der Waals surface area contributed by atoms with Crippen LogP contribution in [0.4, 0.5) is 5.69 Å². The van der Waals surface area contributed by atoms with Gasteiger partial charge in [-0.05, 0) is 54.3 Å². The molecule has 8 nitrogen and oxygen atoms in total. The van der Waals surface area contributed by atoms with Crippen molar-refractivity contribution in [1.29, 1.82) is 0 Å². The molecule has 0 bridgehead atoms. The van der Waals surface area contributed by atoms with Gasteiger partial charge < -0.3 is 20.5 Å². The molecular formula is C29H37N3O5S. The van der Waals surface area contributed by atoms with Gasteiger partial charge in [0.2, 0.25) is 10.0 Å². The van der Waals surface area contributed by atoms with Crippen LogP contribution in [0.5, 0.6) is 5.75 Å². The summed E-state index contributed by atoms with van der Waals surface area (Å²) in [7, 11) is -0.375. The predicted molar refractivity (Wildman–Crippen MR) is 151 cm³/mol. The number of nitrogens with zero attached hydrogens (tertiary/aromatic N) is 1. The van der Waals surface area contributed by atoms with Gasteiger partial charge in [-0.2, -0.15) is 0 Å². The molecule has 0 aliphatic carbocycles. The van der Waals surface area contributed by atoms with E-state index in [0.717, 1.165) is 16.9 Å². The minimum absolute atomic E-state index is 0.0219. The van der Waals surface area contributed by atoms with Crippen LogP contribution in [-0.2, 0) is 23.0 Å². The molecule has 0 spiro atoms. The fourth-order valence-electron chi connectivity index (χ4n) is 4.09. The number of hydrogen-bond donors (Lipinski definition) is 3. The van der Waals surface area contributed by atoms with E-state index >= 15 is 0 Å². The van der Waals surface area contributed by atoms with E-state index in [9.17, 15) is 18.3 Å². The second kappa shape index (κ2) is 13.9. The lowest BCUT2D eigenvalue weighted by Gasteiger charge is -2.25. The maximum Gasteiger partial charge on any atom is 0.251 e. The monoisotopic (exact) mass is 539 g/mol. The van der Waals surface area contributed by atoms with Gasteiger partial charge in [0.1, 0.15) is 5.75 Å². The van der Waals surface area contributed by atoms with Crippen LogP contribution in [0.25, 0.3) is 0 Å². The van der Waals surface area contributed by atoms with Gasteiger partial charge in [-0.25, -0.2) is 8.42 Å². The average molecular weight is 540 g/mol. The second-order valence-corrected chi connectivity index (χ2v) is 11.3. The van der Waals surface area contributed by atoms with Crippen molar-refractivity contribution in [2.75, 3.05) is 30.8 Å². The van der Waals surface area contributed by atoms with Gasteiger partial charge in [0.15, 0.2) is 0 Å². The highest BCUT2D eigenvalue weighted by Crippen LogP contribution is 2.19. The van der Waals surface area contributed by atoms with Gasteiger partial charge in [0.05, 0.1) is 30.7 Å². The van der Waals surface area contributed by atoms with E-state index in [-0.39, 0.29) is 18.2 Å². The molecule has 0 aliphatic heterocycles. The SMILES string of the molecule is CCCS(=O)(=O)N(C)c1cccc(C(=O)N[C@@H](Cc2ccccc2)[C@@H](O)CNCc2cccc(OC)c2)c1. The molecule has 204 valence electrons. The summed E-state index contributed by atoms with van der Waals surface area (Å²) in [4.78, 5) is 13.2. The summed E-state index contributed by atoms with van der Waals surface area (Å²) in [6.45, 7) is 2.59. The zero-order valence-electron chi connectivity index (χ0n) is 22.1. The molecule has 0 aliphatic rings. The van der Waals surface area contributed by atoms with Crippen LogP contribution < -0.4 is 19.7 Å². The minimum atomic E-state index is -3.48. The number of rotatable bonds is 14. The van der Waals surface area contributed by atoms with Crippen LogP contribution in [0, 0.1) is 0 Å². The molecular weight excluding hydrogens is 502 g/mol. The zero-order chi connectivity index (χ0) is 27.5. The molecule has 0 radical (unpaired) electrons. The first-order valence-electron chi connectivity index (χ1n) is 12.7. The first-order chi connectivity index (χ1) is 18.2. The number of nitrogens with one attached hydrogen (secondary N) is 2. The normalized spacial score (nSPS) is 12.9. The molecule has 0 saturated heterocycles. The molecule has 0 unspecified atom stereocenters. The third-order valence-corrected chi connectivity index (χ3v) is 8.22. The minimum Gasteiger partial charge on any atom is -0.497 e. The third-order valence-electron chi connectivity index (χ3n) is 6.25. The van der Waals surface area contributed by atoms with Crippen molar-refractivity contribution in [3.05, 3.63) is 95.6 Å². The van der Waals surface area contributed by atoms with Crippen LogP contribution in [0.3, 0.4) is 0 Å². The predicted octanol–water partition coefficient (Wildman–Crippen LogP) is 3.36. The number of aliphatic hydroxyl groups excluding tert-OH is 1. The number of amides is 1. The highest BCUT2D eigenvalue weighted by molar-refractivity contribution is 7.92. The van der Waals surface area contributed by atoms with E-state index in [1.807, 2.05) is 54.6 Å². The number of methoxy groups -OCH3 is 1. The molecule has 3 aromatic rings. The molecule has 1 amide bonds. The van der Waals surface area contributed by atoms with Gasteiger partial charge in [0.25, 0.3) is 5.91 Å². The summed E-state index contributed by atoms with van der Waals surface area (Å²) >= 11 is 0. The molecule has 9 heteroatoms. The number of sulfonamides is 1. The number of anilines is 1. The zero-order valence-corrected chi connectivity index (χ0v) is 22.9. The summed E-state index contributed by atoms with van der Waals surface area (Å²) in [5, 5.41) is 17.3. The van der Waals surface area contributed by atoms with Crippen molar-refractivity contribution in [3.63, 3.8) is 0 Å². The van der Waals surface area contributed by atoms with E-state index in [2.05, 4.69) is 10.6 Å². The number of aliphatic hydroxyl groups is 1. The van der Waals surface area contributed by atoms with E-state index < -0.39 is 22.2 Å². The Morgan fingerprint density at radius 3 is 2.42 bits per heavy atom. The Morgan fingerprint density at radius 1 is 1.00 bits per heavy atom. The summed E-state index contributed by atoms with van der Waals surface area (Å²) in [6.07, 6.45) is 0.0529. The van der Waals surface area contributed by atoms with Gasteiger partial charge >= 0.3 is 0 Å². The lowest BCUT2D eigenvalue weighted by Crippen LogP contribution is -2.48. The molecule has 3 rings (SSSR count). The van der Waals surface area contributed by atoms with Crippen LogP contribution in [0.2, 0.25) is 0 Å². The molecule has 0 fully saturated rings. The largest absolute Gasteiger partial charge is 0.497 e. The van der Waals surface area contributed by atoms with Crippen molar-refractivity contribution in [2.45, 2.75) is 38.5 Å². The van der Waals surface area contributed by atoms with E-state index in [1.165, 1.54) is 11.4 Å². The lowest BCUT2D eigenvalue weighted by molar-refractivity contribution is 0.0830. The second-order valence-electron chi connectivity index (χ2n) is 9.15. The Hall–Kier alpha value is -3.40. The highest BCUT2D eigenvalue weighted by Gasteiger charge is 2.23. The summed E-state index contributed by atoms with van der Waals surface area (Å²) in [5.41, 5.74) is 2.71. The Kier molecular flexibility index (Phi) is 10.7. The van der Waals surface area contributed by atoms with E-state index in [1.54, 1.807) is 38.3 Å². The molecule has 0 saturated carbocycles. The average Bonchev–Trinajstić information content (AvgIpc) is 2.93. The summed E-state index contributed by atoms with van der Waals surface area (Å²) in [6, 6.07) is 23.2. The topological polar surface area (TPSA) is 108 Å². The fraction of sp³-hybridized carbons (Fsp3) is 0.345. The number of carbonyl (C=O) groups is 1. The van der Waals surface area contributed by atoms with Gasteiger partial charge in [0, 0.05) is 25.7 Å². The van der Waals surface area contributed by atoms with Crippen LogP contribution in [0.15, 0.2) is 78.9 Å². The van der Waals surface area contributed by atoms with Crippen molar-refractivity contribution in [2.24, 2.45) is 0 Å². The number of ether oxygens (including phenoxy) is 1. The lowest BCUT2D eigenvalue weighted by atomic mass is 10.00. The molecule has 0 heterocycles. The van der Waals surface area contributed by atoms with Crippen molar-refractivity contribution >= 4 is 21.6 Å². The van der Waals surface area contributed by atoms with Crippen LogP contribution >= 0.6 is 0 Å². The first kappa shape index (κ1) is 29.2. The highest BCUT2D eigenvalue weighted by atomic mass is 32.2. The molecule has 3 aromatic carbocycles. The van der Waals surface area contributed by atoms with E-state index in [0.29, 0.717) is 30.6 Å². The first-order valence-corrected chi connectivity index (χ1v) is 14.3. The Balaban J connectivity index is 1.72. The Bertz CT molecular complexity index is 1280. The van der Waals surface area contributed by atoms with Gasteiger partial charge in [-0.1, -0.05) is 55.5 Å². The summed E-state index contributed by atoms with van der Waals surface area (Å²) < 4.78 is 31.5. The molecule has 0 aromatic heterocycles. The number of hydrogen-bond acceptors (Lipinski definition) is 6. The number of carbonyl (C=O) groups excluding carboxylic acids is 1. The maximum atomic E-state index is 13.2. The van der Waals surface area contributed by atoms with Gasteiger partial charge in [-0.15, -0.1) is 0 Å². The summed E-state index contributed by atoms with van der Waals surface area (Å²) in [5.74, 6) is 0.393. The third kappa shape index (κ3) is 8.31.